The average molecular weight is 369 g/mol. The number of carbonyl (C=O) groups is 1. The number of nitrogens with one attached hydrogen (secondary N) is 1. The van der Waals surface area contributed by atoms with Crippen molar-refractivity contribution >= 4 is 27.5 Å². The van der Waals surface area contributed by atoms with Crippen molar-refractivity contribution in [2.45, 2.75) is 46.7 Å². The number of aryl methyl sites for hydroxylation is 2. The smallest absolute Gasteiger partial charge is 0.263 e. The normalized spacial score (nSPS) is 11.7. The van der Waals surface area contributed by atoms with Crippen LogP contribution in [0, 0.1) is 13.8 Å². The fourth-order valence-electron chi connectivity index (χ4n) is 2.81. The van der Waals surface area contributed by atoms with Crippen LogP contribution in [0.25, 0.3) is 21.3 Å². The third kappa shape index (κ3) is 3.70. The predicted octanol–water partition coefficient (Wildman–Crippen LogP) is 3.66. The Balaban J connectivity index is 2.04. The molecule has 0 unspecified atom stereocenters. The van der Waals surface area contributed by atoms with E-state index >= 15 is 0 Å². The van der Waals surface area contributed by atoms with E-state index in [-0.39, 0.29) is 23.6 Å². The van der Waals surface area contributed by atoms with Gasteiger partial charge < -0.3 is 5.32 Å². The van der Waals surface area contributed by atoms with Crippen LogP contribution in [0.4, 0.5) is 0 Å². The Morgan fingerprint density at radius 1 is 1.23 bits per heavy atom. The first-order valence-corrected chi connectivity index (χ1v) is 9.39. The van der Waals surface area contributed by atoms with Gasteiger partial charge in [-0.25, -0.2) is 4.98 Å². The molecule has 0 aliphatic carbocycles. The van der Waals surface area contributed by atoms with Crippen LogP contribution in [0.15, 0.2) is 34.7 Å². The van der Waals surface area contributed by atoms with Crippen molar-refractivity contribution in [1.82, 2.24) is 14.9 Å². The maximum Gasteiger partial charge on any atom is 0.263 e. The molecule has 0 aliphatic rings. The van der Waals surface area contributed by atoms with E-state index in [1.165, 1.54) is 33.4 Å². The zero-order chi connectivity index (χ0) is 19.1. The number of benzene rings is 1. The minimum absolute atomic E-state index is 0.0404. The maximum absolute atomic E-state index is 13.0. The van der Waals surface area contributed by atoms with Gasteiger partial charge in [-0.2, -0.15) is 0 Å². The predicted molar refractivity (Wildman–Crippen MR) is 107 cm³/mol. The van der Waals surface area contributed by atoms with Crippen LogP contribution in [0.2, 0.25) is 0 Å². The molecule has 26 heavy (non-hydrogen) atoms. The van der Waals surface area contributed by atoms with Gasteiger partial charge >= 0.3 is 0 Å². The summed E-state index contributed by atoms with van der Waals surface area (Å²) >= 11 is 1.45. The molecule has 6 heteroatoms. The molecule has 0 aliphatic heterocycles. The van der Waals surface area contributed by atoms with Crippen LogP contribution < -0.4 is 10.9 Å². The van der Waals surface area contributed by atoms with Gasteiger partial charge in [-0.1, -0.05) is 18.2 Å². The summed E-state index contributed by atoms with van der Waals surface area (Å²) < 4.78 is 1.38. The summed E-state index contributed by atoms with van der Waals surface area (Å²) in [6.07, 6.45) is 1.45. The number of carbonyl (C=O) groups excluding carboxylic acids is 1. The molecule has 0 radical (unpaired) electrons. The number of hydrogen-bond acceptors (Lipinski definition) is 4. The number of fused-ring (bicyclic) bond motifs is 1. The van der Waals surface area contributed by atoms with Gasteiger partial charge in [0, 0.05) is 16.5 Å². The van der Waals surface area contributed by atoms with Crippen LogP contribution in [0.3, 0.4) is 0 Å². The minimum atomic E-state index is -0.342. The van der Waals surface area contributed by atoms with E-state index in [2.05, 4.69) is 36.3 Å². The highest BCUT2D eigenvalue weighted by Crippen LogP contribution is 2.31. The Bertz CT molecular complexity index is 1040. The number of rotatable bonds is 3. The second kappa shape index (κ2) is 6.68. The van der Waals surface area contributed by atoms with Crippen LogP contribution in [-0.2, 0) is 11.3 Å². The largest absolute Gasteiger partial charge is 0.350 e. The van der Waals surface area contributed by atoms with Crippen molar-refractivity contribution in [2.24, 2.45) is 0 Å². The van der Waals surface area contributed by atoms with Gasteiger partial charge in [-0.15, -0.1) is 11.3 Å². The summed E-state index contributed by atoms with van der Waals surface area (Å²) in [5.74, 6) is -0.205. The summed E-state index contributed by atoms with van der Waals surface area (Å²) in [5, 5.41) is 5.41. The molecule has 5 nitrogen and oxygen atoms in total. The molecule has 136 valence electrons. The van der Waals surface area contributed by atoms with Crippen molar-refractivity contribution in [3.63, 3.8) is 0 Å². The van der Waals surface area contributed by atoms with Gasteiger partial charge in [-0.3, -0.25) is 14.2 Å². The molecule has 0 bridgehead atoms. The SMILES string of the molecule is Cc1ccc(-c2csc3ncn(CC(=O)NC(C)(C)C)c(=O)c23)cc1C. The number of hydrogen-bond donors (Lipinski definition) is 1. The summed E-state index contributed by atoms with van der Waals surface area (Å²) in [6.45, 7) is 9.80. The Hall–Kier alpha value is -2.47. The van der Waals surface area contributed by atoms with Crippen LogP contribution in [-0.4, -0.2) is 21.0 Å². The van der Waals surface area contributed by atoms with Crippen molar-refractivity contribution in [1.29, 1.82) is 0 Å². The first-order chi connectivity index (χ1) is 12.2. The fourth-order valence-corrected chi connectivity index (χ4v) is 3.72. The topological polar surface area (TPSA) is 64.0 Å². The minimum Gasteiger partial charge on any atom is -0.350 e. The van der Waals surface area contributed by atoms with Gasteiger partial charge in [-0.05, 0) is 51.3 Å². The molecule has 0 atom stereocenters. The van der Waals surface area contributed by atoms with Gasteiger partial charge in [0.15, 0.2) is 0 Å². The van der Waals surface area contributed by atoms with E-state index in [0.717, 1.165) is 11.1 Å². The highest BCUT2D eigenvalue weighted by atomic mass is 32.1. The second-order valence-corrected chi connectivity index (χ2v) is 8.46. The first-order valence-electron chi connectivity index (χ1n) is 8.51. The molecular weight excluding hydrogens is 346 g/mol. The van der Waals surface area contributed by atoms with Crippen molar-refractivity contribution in [2.75, 3.05) is 0 Å². The van der Waals surface area contributed by atoms with Crippen molar-refractivity contribution in [3.8, 4) is 11.1 Å². The lowest BCUT2D eigenvalue weighted by molar-refractivity contribution is -0.123. The molecule has 0 saturated carbocycles. The van der Waals surface area contributed by atoms with E-state index in [1.54, 1.807) is 0 Å². The molecule has 1 N–H and O–H groups in total. The highest BCUT2D eigenvalue weighted by molar-refractivity contribution is 7.17. The summed E-state index contributed by atoms with van der Waals surface area (Å²) in [4.78, 5) is 30.3. The van der Waals surface area contributed by atoms with Crippen molar-refractivity contribution in [3.05, 3.63) is 51.4 Å². The van der Waals surface area contributed by atoms with Crippen LogP contribution in [0.5, 0.6) is 0 Å². The zero-order valence-electron chi connectivity index (χ0n) is 15.7. The van der Waals surface area contributed by atoms with E-state index in [9.17, 15) is 9.59 Å². The highest BCUT2D eigenvalue weighted by Gasteiger charge is 2.17. The van der Waals surface area contributed by atoms with E-state index in [4.69, 9.17) is 0 Å². The van der Waals surface area contributed by atoms with E-state index in [1.807, 2.05) is 32.2 Å². The van der Waals surface area contributed by atoms with Crippen molar-refractivity contribution < 1.29 is 4.79 Å². The summed E-state index contributed by atoms with van der Waals surface area (Å²) in [5.41, 5.74) is 3.73. The Morgan fingerprint density at radius 2 is 1.96 bits per heavy atom. The van der Waals surface area contributed by atoms with Gasteiger partial charge in [0.25, 0.3) is 5.56 Å². The molecule has 3 rings (SSSR count). The molecule has 2 aromatic heterocycles. The molecule has 0 spiro atoms. The monoisotopic (exact) mass is 369 g/mol. The molecule has 1 amide bonds. The van der Waals surface area contributed by atoms with E-state index < -0.39 is 0 Å². The lowest BCUT2D eigenvalue weighted by Gasteiger charge is -2.20. The Kier molecular flexibility index (Phi) is 4.71. The lowest BCUT2D eigenvalue weighted by Crippen LogP contribution is -2.43. The average Bonchev–Trinajstić information content (AvgIpc) is 2.96. The molecule has 0 fully saturated rings. The number of amides is 1. The number of aromatic nitrogens is 2. The third-order valence-corrected chi connectivity index (χ3v) is 5.09. The van der Waals surface area contributed by atoms with Gasteiger partial charge in [0.2, 0.25) is 5.91 Å². The first kappa shape index (κ1) is 18.3. The Labute approximate surface area is 156 Å². The second-order valence-electron chi connectivity index (χ2n) is 7.60. The zero-order valence-corrected chi connectivity index (χ0v) is 16.5. The lowest BCUT2D eigenvalue weighted by atomic mass is 10.0. The molecule has 1 aromatic carbocycles. The quantitative estimate of drug-likeness (QED) is 0.766. The number of nitrogens with zero attached hydrogens (tertiary/aromatic N) is 2. The summed E-state index contributed by atoms with van der Waals surface area (Å²) in [6, 6.07) is 6.16. The standard InChI is InChI=1S/C20H23N3O2S/c1-12-6-7-14(8-13(12)2)15-10-26-18-17(15)19(25)23(11-21-18)9-16(24)22-20(3,4)5/h6-8,10-11H,9H2,1-5H3,(H,22,24). The molecular formula is C20H23N3O2S. The van der Waals surface area contributed by atoms with Crippen LogP contribution in [0.1, 0.15) is 31.9 Å². The molecule has 3 aromatic rings. The van der Waals surface area contributed by atoms with Gasteiger partial charge in [0.05, 0.1) is 11.7 Å². The summed E-state index contributed by atoms with van der Waals surface area (Å²) in [7, 11) is 0. The molecule has 2 heterocycles. The third-order valence-electron chi connectivity index (χ3n) is 4.21. The molecule has 0 saturated heterocycles. The Morgan fingerprint density at radius 3 is 2.62 bits per heavy atom. The number of thiophene rings is 1. The fraction of sp³-hybridized carbons (Fsp3) is 0.350. The maximum atomic E-state index is 13.0. The van der Waals surface area contributed by atoms with Crippen LogP contribution >= 0.6 is 11.3 Å². The van der Waals surface area contributed by atoms with E-state index in [0.29, 0.717) is 10.2 Å². The van der Waals surface area contributed by atoms with Gasteiger partial charge in [0.1, 0.15) is 11.4 Å².